The molecular weight excluding hydrogens is 307 g/mol. The van der Waals surface area contributed by atoms with E-state index in [2.05, 4.69) is 0 Å². The normalized spacial score (nSPS) is 10.4. The van der Waals surface area contributed by atoms with Crippen molar-refractivity contribution in [3.05, 3.63) is 89.7 Å². The molecule has 0 saturated heterocycles. The number of carbonyl (C=O) groups is 1. The third-order valence-corrected chi connectivity index (χ3v) is 3.61. The van der Waals surface area contributed by atoms with Crippen LogP contribution in [0.2, 0.25) is 0 Å². The summed E-state index contributed by atoms with van der Waals surface area (Å²) in [6, 6.07) is 20.4. The van der Waals surface area contributed by atoms with Gasteiger partial charge in [0.1, 0.15) is 23.7 Å². The maximum atomic E-state index is 13.4. The highest BCUT2D eigenvalue weighted by Crippen LogP contribution is 2.28. The molecule has 3 rings (SSSR count). The van der Waals surface area contributed by atoms with Gasteiger partial charge in [0.15, 0.2) is 0 Å². The van der Waals surface area contributed by atoms with Crippen molar-refractivity contribution in [1.82, 2.24) is 0 Å². The number of halogens is 1. The van der Waals surface area contributed by atoms with Gasteiger partial charge in [-0.2, -0.15) is 0 Å². The predicted molar refractivity (Wildman–Crippen MR) is 89.6 cm³/mol. The number of carboxylic acids is 1. The van der Waals surface area contributed by atoms with E-state index >= 15 is 0 Å². The number of ether oxygens (including phenoxy) is 1. The van der Waals surface area contributed by atoms with E-state index in [1.165, 1.54) is 18.2 Å². The molecule has 0 aliphatic heterocycles. The fraction of sp³-hybridized carbons (Fsp3) is 0.0500. The Hall–Kier alpha value is -3.14. The fourth-order valence-corrected chi connectivity index (χ4v) is 2.41. The molecule has 0 bridgehead atoms. The van der Waals surface area contributed by atoms with Gasteiger partial charge in [0.2, 0.25) is 0 Å². The Morgan fingerprint density at radius 1 is 0.917 bits per heavy atom. The number of rotatable bonds is 5. The molecule has 4 heteroatoms. The van der Waals surface area contributed by atoms with Crippen LogP contribution in [0.5, 0.6) is 5.75 Å². The SMILES string of the molecule is O=C(O)c1cc(-c2cccc(F)c2)ccc1OCc1ccccc1. The molecule has 3 aromatic rings. The lowest BCUT2D eigenvalue weighted by molar-refractivity contribution is 0.0692. The van der Waals surface area contributed by atoms with Gasteiger partial charge in [-0.15, -0.1) is 0 Å². The Balaban J connectivity index is 1.89. The van der Waals surface area contributed by atoms with Crippen molar-refractivity contribution < 1.29 is 19.0 Å². The van der Waals surface area contributed by atoms with Crippen LogP contribution in [-0.2, 0) is 6.61 Å². The van der Waals surface area contributed by atoms with E-state index in [4.69, 9.17) is 4.74 Å². The zero-order valence-electron chi connectivity index (χ0n) is 12.8. The van der Waals surface area contributed by atoms with Crippen molar-refractivity contribution in [3.8, 4) is 16.9 Å². The summed E-state index contributed by atoms with van der Waals surface area (Å²) in [6.45, 7) is 0.278. The molecule has 0 heterocycles. The molecule has 0 fully saturated rings. The minimum absolute atomic E-state index is 0.0488. The lowest BCUT2D eigenvalue weighted by Gasteiger charge is -2.11. The maximum absolute atomic E-state index is 13.4. The van der Waals surface area contributed by atoms with E-state index in [9.17, 15) is 14.3 Å². The second-order valence-electron chi connectivity index (χ2n) is 5.30. The van der Waals surface area contributed by atoms with Crippen molar-refractivity contribution >= 4 is 5.97 Å². The molecular formula is C20H15FO3. The third kappa shape index (κ3) is 3.60. The van der Waals surface area contributed by atoms with Crippen LogP contribution >= 0.6 is 0 Å². The van der Waals surface area contributed by atoms with Crippen molar-refractivity contribution in [1.29, 1.82) is 0 Å². The molecule has 0 aromatic heterocycles. The number of hydrogen-bond donors (Lipinski definition) is 1. The van der Waals surface area contributed by atoms with Crippen LogP contribution in [-0.4, -0.2) is 11.1 Å². The highest BCUT2D eigenvalue weighted by atomic mass is 19.1. The first-order valence-electron chi connectivity index (χ1n) is 7.43. The Morgan fingerprint density at radius 3 is 2.38 bits per heavy atom. The molecule has 0 atom stereocenters. The first kappa shape index (κ1) is 15.7. The smallest absolute Gasteiger partial charge is 0.339 e. The monoisotopic (exact) mass is 322 g/mol. The van der Waals surface area contributed by atoms with E-state index in [1.807, 2.05) is 30.3 Å². The van der Waals surface area contributed by atoms with Crippen LogP contribution in [0.4, 0.5) is 4.39 Å². The van der Waals surface area contributed by atoms with Crippen LogP contribution in [0.3, 0.4) is 0 Å². The van der Waals surface area contributed by atoms with Crippen molar-refractivity contribution in [2.75, 3.05) is 0 Å². The van der Waals surface area contributed by atoms with Crippen molar-refractivity contribution in [3.63, 3.8) is 0 Å². The quantitative estimate of drug-likeness (QED) is 0.736. The molecule has 0 aliphatic rings. The topological polar surface area (TPSA) is 46.5 Å². The van der Waals surface area contributed by atoms with Gasteiger partial charge in [0, 0.05) is 0 Å². The van der Waals surface area contributed by atoms with E-state index in [-0.39, 0.29) is 23.7 Å². The van der Waals surface area contributed by atoms with Crippen molar-refractivity contribution in [2.45, 2.75) is 6.61 Å². The van der Waals surface area contributed by atoms with Crippen molar-refractivity contribution in [2.24, 2.45) is 0 Å². The molecule has 3 aromatic carbocycles. The molecule has 120 valence electrons. The highest BCUT2D eigenvalue weighted by molar-refractivity contribution is 5.92. The molecule has 1 N–H and O–H groups in total. The van der Waals surface area contributed by atoms with Gasteiger partial charge in [-0.3, -0.25) is 0 Å². The largest absolute Gasteiger partial charge is 0.488 e. The maximum Gasteiger partial charge on any atom is 0.339 e. The summed E-state index contributed by atoms with van der Waals surface area (Å²) >= 11 is 0. The Morgan fingerprint density at radius 2 is 1.67 bits per heavy atom. The zero-order valence-corrected chi connectivity index (χ0v) is 12.8. The summed E-state index contributed by atoms with van der Waals surface area (Å²) in [6.07, 6.45) is 0. The molecule has 24 heavy (non-hydrogen) atoms. The first-order chi connectivity index (χ1) is 11.6. The van der Waals surface area contributed by atoms with Crippen LogP contribution in [0.25, 0.3) is 11.1 Å². The number of carboxylic acid groups (broad SMARTS) is 1. The van der Waals surface area contributed by atoms with Crippen LogP contribution in [0.15, 0.2) is 72.8 Å². The summed E-state index contributed by atoms with van der Waals surface area (Å²) in [5, 5.41) is 9.43. The molecule has 0 radical (unpaired) electrons. The molecule has 0 saturated carbocycles. The Kier molecular flexibility index (Phi) is 4.57. The molecule has 0 aliphatic carbocycles. The molecule has 0 amide bonds. The highest BCUT2D eigenvalue weighted by Gasteiger charge is 2.13. The molecule has 0 spiro atoms. The van der Waals surface area contributed by atoms with Gasteiger partial charge in [0.25, 0.3) is 0 Å². The Bertz CT molecular complexity index is 860. The summed E-state index contributed by atoms with van der Waals surface area (Å²) in [4.78, 5) is 11.5. The Labute approximate surface area is 139 Å². The van der Waals surface area contributed by atoms with Gasteiger partial charge in [-0.05, 0) is 41.0 Å². The van der Waals surface area contributed by atoms with Gasteiger partial charge >= 0.3 is 5.97 Å². The second kappa shape index (κ2) is 6.96. The predicted octanol–water partition coefficient (Wildman–Crippen LogP) is 4.77. The van der Waals surface area contributed by atoms with Crippen LogP contribution in [0, 0.1) is 5.82 Å². The van der Waals surface area contributed by atoms with Crippen LogP contribution < -0.4 is 4.74 Å². The second-order valence-corrected chi connectivity index (χ2v) is 5.30. The molecule has 3 nitrogen and oxygen atoms in total. The lowest BCUT2D eigenvalue weighted by Crippen LogP contribution is -2.03. The number of aromatic carboxylic acids is 1. The zero-order chi connectivity index (χ0) is 16.9. The minimum Gasteiger partial charge on any atom is -0.488 e. The van der Waals surface area contributed by atoms with E-state index in [0.717, 1.165) is 5.56 Å². The fourth-order valence-electron chi connectivity index (χ4n) is 2.41. The van der Waals surface area contributed by atoms with Gasteiger partial charge in [-0.1, -0.05) is 48.5 Å². The van der Waals surface area contributed by atoms with E-state index < -0.39 is 5.97 Å². The van der Waals surface area contributed by atoms with Crippen LogP contribution in [0.1, 0.15) is 15.9 Å². The number of benzene rings is 3. The van der Waals surface area contributed by atoms with E-state index in [0.29, 0.717) is 11.1 Å². The molecule has 0 unspecified atom stereocenters. The van der Waals surface area contributed by atoms with E-state index in [1.54, 1.807) is 24.3 Å². The third-order valence-electron chi connectivity index (χ3n) is 3.61. The van der Waals surface area contributed by atoms with Gasteiger partial charge < -0.3 is 9.84 Å². The first-order valence-corrected chi connectivity index (χ1v) is 7.43. The summed E-state index contributed by atoms with van der Waals surface area (Å²) in [5.74, 6) is -1.17. The minimum atomic E-state index is -1.09. The van der Waals surface area contributed by atoms with Gasteiger partial charge in [-0.25, -0.2) is 9.18 Å². The standard InChI is InChI=1S/C20H15FO3/c21-17-8-4-7-15(11-17)16-9-10-19(18(12-16)20(22)23)24-13-14-5-2-1-3-6-14/h1-12H,13H2,(H,22,23). The number of hydrogen-bond acceptors (Lipinski definition) is 2. The average Bonchev–Trinajstić information content (AvgIpc) is 2.60. The average molecular weight is 322 g/mol. The summed E-state index contributed by atoms with van der Waals surface area (Å²) in [5.41, 5.74) is 2.24. The summed E-state index contributed by atoms with van der Waals surface area (Å²) < 4.78 is 19.0. The lowest BCUT2D eigenvalue weighted by atomic mass is 10.0. The summed E-state index contributed by atoms with van der Waals surface area (Å²) in [7, 11) is 0. The van der Waals surface area contributed by atoms with Gasteiger partial charge in [0.05, 0.1) is 0 Å².